The monoisotopic (exact) mass is 448 g/mol. The van der Waals surface area contributed by atoms with Gasteiger partial charge in [-0.05, 0) is 91.0 Å². The smallest absolute Gasteiger partial charge is 0.0412 e. The Morgan fingerprint density at radius 3 is 1.16 bits per heavy atom. The Kier molecular flexibility index (Phi) is 4.64. The van der Waals surface area contributed by atoms with E-state index in [1.807, 2.05) is 24.3 Å². The van der Waals surface area contributed by atoms with Gasteiger partial charge in [-0.15, -0.1) is 0 Å². The summed E-state index contributed by atoms with van der Waals surface area (Å²) in [5.41, 5.74) is 4.71. The van der Waals surface area contributed by atoms with Crippen LogP contribution >= 0.6 is 23.2 Å². The van der Waals surface area contributed by atoms with Crippen molar-refractivity contribution in [3.8, 4) is 22.3 Å². The maximum atomic E-state index is 6.45. The first-order valence-corrected chi connectivity index (χ1v) is 11.3. The van der Waals surface area contributed by atoms with Crippen LogP contribution in [0.1, 0.15) is 0 Å². The molecular formula is C30H18Cl2. The summed E-state index contributed by atoms with van der Waals surface area (Å²) < 4.78 is 0. The van der Waals surface area contributed by atoms with Gasteiger partial charge in [0.15, 0.2) is 0 Å². The van der Waals surface area contributed by atoms with Gasteiger partial charge in [0, 0.05) is 10.0 Å². The van der Waals surface area contributed by atoms with E-state index >= 15 is 0 Å². The number of hydrogen-bond acceptors (Lipinski definition) is 0. The van der Waals surface area contributed by atoms with Crippen molar-refractivity contribution in [2.24, 2.45) is 0 Å². The first kappa shape index (κ1) is 19.4. The standard InChI is InChI=1S/C30H18Cl2/c31-21-11-13-23-27(15-21)25(19-7-3-1-4-8-19)17-29-24-14-12-22(32)16-28(24)26(18-30(23)29)20-9-5-2-6-10-20/h1-18H. The number of halogens is 2. The molecule has 6 rings (SSSR count). The molecule has 6 aromatic rings. The van der Waals surface area contributed by atoms with Crippen LogP contribution in [0, 0.1) is 0 Å². The highest BCUT2D eigenvalue weighted by atomic mass is 35.5. The quantitative estimate of drug-likeness (QED) is 0.231. The van der Waals surface area contributed by atoms with Crippen molar-refractivity contribution in [1.29, 1.82) is 0 Å². The molecule has 0 aliphatic carbocycles. The average molecular weight is 449 g/mol. The van der Waals surface area contributed by atoms with Gasteiger partial charge >= 0.3 is 0 Å². The second-order valence-corrected chi connectivity index (χ2v) is 8.93. The van der Waals surface area contributed by atoms with Crippen LogP contribution in [-0.2, 0) is 0 Å². The summed E-state index contributed by atoms with van der Waals surface area (Å²) >= 11 is 12.9. The lowest BCUT2D eigenvalue weighted by Gasteiger charge is -2.16. The molecule has 0 saturated carbocycles. The molecule has 0 spiro atoms. The van der Waals surface area contributed by atoms with E-state index in [-0.39, 0.29) is 0 Å². The molecule has 2 heteroatoms. The van der Waals surface area contributed by atoms with E-state index in [4.69, 9.17) is 23.2 Å². The minimum atomic E-state index is 0.741. The molecule has 0 fully saturated rings. The van der Waals surface area contributed by atoms with Gasteiger partial charge in [-0.3, -0.25) is 0 Å². The van der Waals surface area contributed by atoms with Crippen LogP contribution in [0.5, 0.6) is 0 Å². The predicted molar refractivity (Wildman–Crippen MR) is 140 cm³/mol. The van der Waals surface area contributed by atoms with Crippen LogP contribution in [0.4, 0.5) is 0 Å². The maximum absolute atomic E-state index is 6.45. The third-order valence-corrected chi connectivity index (χ3v) is 6.63. The summed E-state index contributed by atoms with van der Waals surface area (Å²) in [6.07, 6.45) is 0. The fourth-order valence-corrected chi connectivity index (χ4v) is 5.05. The second-order valence-electron chi connectivity index (χ2n) is 8.06. The van der Waals surface area contributed by atoms with Crippen LogP contribution in [0.2, 0.25) is 10.0 Å². The largest absolute Gasteiger partial charge is 0.0843 e. The fraction of sp³-hybridized carbons (Fsp3) is 0. The van der Waals surface area contributed by atoms with Crippen LogP contribution in [0.25, 0.3) is 54.6 Å². The Labute approximate surface area is 196 Å². The normalized spacial score (nSPS) is 11.4. The van der Waals surface area contributed by atoms with E-state index in [1.165, 1.54) is 43.8 Å². The maximum Gasteiger partial charge on any atom is 0.0412 e. The molecule has 0 N–H and O–H groups in total. The van der Waals surface area contributed by atoms with Crippen LogP contribution in [0.3, 0.4) is 0 Å². The van der Waals surface area contributed by atoms with E-state index in [0.29, 0.717) is 0 Å². The first-order valence-electron chi connectivity index (χ1n) is 10.6. The molecule has 152 valence electrons. The molecule has 0 nitrogen and oxygen atoms in total. The molecule has 0 aliphatic heterocycles. The van der Waals surface area contributed by atoms with Gasteiger partial charge in [-0.25, -0.2) is 0 Å². The van der Waals surface area contributed by atoms with Gasteiger partial charge < -0.3 is 0 Å². The minimum Gasteiger partial charge on any atom is -0.0843 e. The van der Waals surface area contributed by atoms with Crippen molar-refractivity contribution in [3.05, 3.63) is 119 Å². The Morgan fingerprint density at radius 2 is 0.750 bits per heavy atom. The van der Waals surface area contributed by atoms with Crippen molar-refractivity contribution in [3.63, 3.8) is 0 Å². The molecule has 0 atom stereocenters. The molecule has 0 saturated heterocycles. The first-order chi connectivity index (χ1) is 15.7. The molecule has 32 heavy (non-hydrogen) atoms. The zero-order valence-corrected chi connectivity index (χ0v) is 18.7. The van der Waals surface area contributed by atoms with E-state index in [2.05, 4.69) is 84.9 Å². The molecule has 6 aromatic carbocycles. The molecule has 0 aromatic heterocycles. The number of benzene rings is 6. The molecule has 0 radical (unpaired) electrons. The van der Waals surface area contributed by atoms with E-state index in [9.17, 15) is 0 Å². The second kappa shape index (κ2) is 7.67. The molecule has 0 aliphatic rings. The van der Waals surface area contributed by atoms with Crippen molar-refractivity contribution in [2.45, 2.75) is 0 Å². The molecule has 0 amide bonds. The third-order valence-electron chi connectivity index (χ3n) is 6.16. The van der Waals surface area contributed by atoms with Crippen LogP contribution < -0.4 is 0 Å². The predicted octanol–water partition coefficient (Wildman–Crippen LogP) is 9.79. The van der Waals surface area contributed by atoms with Crippen molar-refractivity contribution >= 4 is 55.5 Å². The number of fused-ring (bicyclic) bond motifs is 5. The summed E-state index contributed by atoms with van der Waals surface area (Å²) in [6.45, 7) is 0. The van der Waals surface area contributed by atoms with Gasteiger partial charge in [-0.1, -0.05) is 96.0 Å². The zero-order chi connectivity index (χ0) is 21.7. The average Bonchev–Trinajstić information content (AvgIpc) is 2.83. The lowest BCUT2D eigenvalue weighted by atomic mass is 9.88. The van der Waals surface area contributed by atoms with Crippen molar-refractivity contribution < 1.29 is 0 Å². The summed E-state index contributed by atoms with van der Waals surface area (Å²) in [7, 11) is 0. The Bertz CT molecular complexity index is 1490. The topological polar surface area (TPSA) is 0 Å². The highest BCUT2D eigenvalue weighted by molar-refractivity contribution is 6.33. The zero-order valence-electron chi connectivity index (χ0n) is 17.1. The SMILES string of the molecule is Clc1ccc2c(c1)c(-c1ccccc1)cc1c3ccc(Cl)cc3c(-c3ccccc3)cc21. The van der Waals surface area contributed by atoms with E-state index in [1.54, 1.807) is 0 Å². The molecule has 0 heterocycles. The molecule has 0 unspecified atom stereocenters. The van der Waals surface area contributed by atoms with Gasteiger partial charge in [0.25, 0.3) is 0 Å². The fourth-order valence-electron chi connectivity index (χ4n) is 4.71. The lowest BCUT2D eigenvalue weighted by molar-refractivity contribution is 1.66. The van der Waals surface area contributed by atoms with Crippen LogP contribution in [-0.4, -0.2) is 0 Å². The Hall–Kier alpha value is -3.32. The lowest BCUT2D eigenvalue weighted by Crippen LogP contribution is -1.89. The summed E-state index contributed by atoms with van der Waals surface area (Å²) in [6, 6.07) is 38.0. The summed E-state index contributed by atoms with van der Waals surface area (Å²) in [4.78, 5) is 0. The van der Waals surface area contributed by atoms with Gasteiger partial charge in [-0.2, -0.15) is 0 Å². The Morgan fingerprint density at radius 1 is 0.344 bits per heavy atom. The molecule has 0 bridgehead atoms. The van der Waals surface area contributed by atoms with E-state index < -0.39 is 0 Å². The van der Waals surface area contributed by atoms with Crippen molar-refractivity contribution in [2.75, 3.05) is 0 Å². The van der Waals surface area contributed by atoms with Crippen molar-refractivity contribution in [1.82, 2.24) is 0 Å². The van der Waals surface area contributed by atoms with E-state index in [0.717, 1.165) is 20.8 Å². The van der Waals surface area contributed by atoms with Gasteiger partial charge in [0.05, 0.1) is 0 Å². The van der Waals surface area contributed by atoms with Gasteiger partial charge in [0.1, 0.15) is 0 Å². The summed E-state index contributed by atoms with van der Waals surface area (Å²) in [5, 5.41) is 8.61. The third kappa shape index (κ3) is 3.15. The molecular weight excluding hydrogens is 431 g/mol. The summed E-state index contributed by atoms with van der Waals surface area (Å²) in [5.74, 6) is 0. The van der Waals surface area contributed by atoms with Crippen LogP contribution in [0.15, 0.2) is 109 Å². The Balaban J connectivity index is 1.83. The highest BCUT2D eigenvalue weighted by Crippen LogP contribution is 2.42. The number of hydrogen-bond donors (Lipinski definition) is 0. The minimum absolute atomic E-state index is 0.741. The highest BCUT2D eigenvalue weighted by Gasteiger charge is 2.15. The number of rotatable bonds is 2. The van der Waals surface area contributed by atoms with Gasteiger partial charge in [0.2, 0.25) is 0 Å².